The zero-order valence-electron chi connectivity index (χ0n) is 16.5. The van der Waals surface area contributed by atoms with Gasteiger partial charge in [0.25, 0.3) is 0 Å². The maximum absolute atomic E-state index is 12.9. The molecule has 1 atom stereocenters. The summed E-state index contributed by atoms with van der Waals surface area (Å²) < 4.78 is 27.3. The number of hydrogen-bond donors (Lipinski definition) is 1. The van der Waals surface area contributed by atoms with E-state index in [0.29, 0.717) is 29.8 Å². The number of aromatic nitrogens is 2. The predicted octanol–water partition coefficient (Wildman–Crippen LogP) is 1.95. The highest BCUT2D eigenvalue weighted by Gasteiger charge is 2.36. The van der Waals surface area contributed by atoms with Gasteiger partial charge in [0.15, 0.2) is 0 Å². The number of amides is 2. The van der Waals surface area contributed by atoms with E-state index in [1.807, 2.05) is 0 Å². The molecule has 0 unspecified atom stereocenters. The number of carbonyl (C=O) groups excluding carboxylic acids is 2. The lowest BCUT2D eigenvalue weighted by molar-refractivity contribution is -0.122. The van der Waals surface area contributed by atoms with Crippen LogP contribution in [0.1, 0.15) is 26.2 Å². The zero-order chi connectivity index (χ0) is 21.3. The van der Waals surface area contributed by atoms with Gasteiger partial charge in [-0.3, -0.25) is 9.59 Å². The number of hydrogen-bond acceptors (Lipinski definition) is 7. The number of nitrogens with one attached hydrogen (secondary N) is 1. The molecule has 9 nitrogen and oxygen atoms in total. The number of nitrogens with zero attached hydrogens (tertiary/aromatic N) is 4. The van der Waals surface area contributed by atoms with Gasteiger partial charge in [-0.2, -0.15) is 4.31 Å². The summed E-state index contributed by atoms with van der Waals surface area (Å²) in [5.41, 5.74) is 2.10. The van der Waals surface area contributed by atoms with Gasteiger partial charge in [-0.1, -0.05) is 18.3 Å². The molecule has 2 aliphatic rings. The molecule has 2 fully saturated rings. The number of sulfonamides is 1. The lowest BCUT2D eigenvalue weighted by atomic mass is 10.0. The first-order valence-electron chi connectivity index (χ1n) is 9.82. The maximum Gasteiger partial charge on any atom is 0.243 e. The van der Waals surface area contributed by atoms with Crippen molar-refractivity contribution < 1.29 is 18.0 Å². The summed E-state index contributed by atoms with van der Waals surface area (Å²) in [6, 6.07) is 6.32. The topological polar surface area (TPSA) is 113 Å². The Kier molecular flexibility index (Phi) is 5.85. The Morgan fingerprint density at radius 3 is 2.53 bits per heavy atom. The van der Waals surface area contributed by atoms with E-state index in [1.54, 1.807) is 12.1 Å². The van der Waals surface area contributed by atoms with Gasteiger partial charge in [0.2, 0.25) is 27.0 Å². The molecule has 2 amide bonds. The molecule has 3 heterocycles. The van der Waals surface area contributed by atoms with E-state index >= 15 is 0 Å². The summed E-state index contributed by atoms with van der Waals surface area (Å²) in [5, 5.41) is 10.5. The molecule has 0 radical (unpaired) electrons. The van der Waals surface area contributed by atoms with Crippen LogP contribution in [-0.2, 0) is 19.6 Å². The molecule has 1 aromatic heterocycles. The van der Waals surface area contributed by atoms with Crippen LogP contribution in [0.15, 0.2) is 34.7 Å². The van der Waals surface area contributed by atoms with Crippen molar-refractivity contribution in [2.24, 2.45) is 11.8 Å². The molecule has 160 valence electrons. The summed E-state index contributed by atoms with van der Waals surface area (Å²) in [6.45, 7) is 3.43. The van der Waals surface area contributed by atoms with Crippen molar-refractivity contribution in [3.05, 3.63) is 29.8 Å². The van der Waals surface area contributed by atoms with E-state index in [4.69, 9.17) is 0 Å². The highest BCUT2D eigenvalue weighted by atomic mass is 32.2. The number of piperidine rings is 1. The van der Waals surface area contributed by atoms with Gasteiger partial charge >= 0.3 is 0 Å². The SMILES string of the molecule is CC1CCN(S(=O)(=O)c2ccc(N3C[C@H](C(=O)Nc4nncs4)CC3=O)cc2)CC1. The normalized spacial score (nSPS) is 21.2. The summed E-state index contributed by atoms with van der Waals surface area (Å²) in [5.74, 6) is -0.411. The number of rotatable bonds is 5. The van der Waals surface area contributed by atoms with Gasteiger partial charge in [0.05, 0.1) is 10.8 Å². The van der Waals surface area contributed by atoms with Gasteiger partial charge in [-0.05, 0) is 43.0 Å². The Hall–Kier alpha value is -2.37. The van der Waals surface area contributed by atoms with Crippen LogP contribution in [0.5, 0.6) is 0 Å². The first-order valence-corrected chi connectivity index (χ1v) is 12.1. The number of benzene rings is 1. The van der Waals surface area contributed by atoms with Crippen molar-refractivity contribution in [1.29, 1.82) is 0 Å². The van der Waals surface area contributed by atoms with Gasteiger partial charge in [0.1, 0.15) is 5.51 Å². The van der Waals surface area contributed by atoms with Crippen LogP contribution >= 0.6 is 11.3 Å². The van der Waals surface area contributed by atoms with Crippen LogP contribution < -0.4 is 10.2 Å². The van der Waals surface area contributed by atoms with Crippen molar-refractivity contribution in [3.8, 4) is 0 Å². The average molecular weight is 450 g/mol. The maximum atomic E-state index is 12.9. The first kappa shape index (κ1) is 20.9. The Balaban J connectivity index is 1.43. The minimum atomic E-state index is -3.54. The number of anilines is 2. The van der Waals surface area contributed by atoms with Gasteiger partial charge < -0.3 is 10.2 Å². The molecule has 1 N–H and O–H groups in total. The van der Waals surface area contributed by atoms with Gasteiger partial charge in [-0.25, -0.2) is 8.42 Å². The second-order valence-electron chi connectivity index (χ2n) is 7.72. The van der Waals surface area contributed by atoms with Crippen molar-refractivity contribution >= 4 is 44.0 Å². The van der Waals surface area contributed by atoms with Crippen LogP contribution in [0.25, 0.3) is 0 Å². The van der Waals surface area contributed by atoms with E-state index in [0.717, 1.165) is 12.8 Å². The third-order valence-electron chi connectivity index (χ3n) is 5.61. The molecule has 1 aromatic carbocycles. The monoisotopic (exact) mass is 449 g/mol. The van der Waals surface area contributed by atoms with Crippen molar-refractivity contribution in [2.75, 3.05) is 29.9 Å². The van der Waals surface area contributed by atoms with Crippen molar-refractivity contribution in [3.63, 3.8) is 0 Å². The molecule has 0 bridgehead atoms. The highest BCUT2D eigenvalue weighted by molar-refractivity contribution is 7.89. The standard InChI is InChI=1S/C19H23N5O4S2/c1-13-6-8-23(9-7-13)30(27,28)16-4-2-15(3-5-16)24-11-14(10-17(24)25)18(26)21-19-22-20-12-29-19/h2-5,12-14H,6-11H2,1H3,(H,21,22,26)/t14-/m1/s1. The molecule has 0 saturated carbocycles. The van der Waals surface area contributed by atoms with Crippen LogP contribution in [0.3, 0.4) is 0 Å². The second kappa shape index (κ2) is 8.40. The van der Waals surface area contributed by atoms with Crippen LogP contribution in [0.4, 0.5) is 10.8 Å². The Morgan fingerprint density at radius 1 is 1.20 bits per heavy atom. The second-order valence-corrected chi connectivity index (χ2v) is 10.5. The average Bonchev–Trinajstić information content (AvgIpc) is 3.38. The van der Waals surface area contributed by atoms with Crippen LogP contribution in [0, 0.1) is 11.8 Å². The fourth-order valence-electron chi connectivity index (χ4n) is 3.74. The molecule has 0 spiro atoms. The quantitative estimate of drug-likeness (QED) is 0.747. The molecule has 0 aliphatic carbocycles. The predicted molar refractivity (Wildman–Crippen MR) is 113 cm³/mol. The lowest BCUT2D eigenvalue weighted by Crippen LogP contribution is -2.37. The first-order chi connectivity index (χ1) is 14.3. The van der Waals surface area contributed by atoms with Crippen molar-refractivity contribution in [1.82, 2.24) is 14.5 Å². The molecule has 2 saturated heterocycles. The zero-order valence-corrected chi connectivity index (χ0v) is 18.2. The summed E-state index contributed by atoms with van der Waals surface area (Å²) in [6.07, 6.45) is 1.82. The smallest absolute Gasteiger partial charge is 0.243 e. The Morgan fingerprint density at radius 2 is 1.90 bits per heavy atom. The molecular formula is C19H23N5O4S2. The fourth-order valence-corrected chi connectivity index (χ4v) is 5.66. The molecule has 4 rings (SSSR count). The summed E-state index contributed by atoms with van der Waals surface area (Å²) in [4.78, 5) is 26.6. The molecule has 30 heavy (non-hydrogen) atoms. The van der Waals surface area contributed by atoms with Crippen LogP contribution in [0.2, 0.25) is 0 Å². The van der Waals surface area contributed by atoms with Gasteiger partial charge in [0, 0.05) is 31.7 Å². The van der Waals surface area contributed by atoms with E-state index in [-0.39, 0.29) is 29.7 Å². The third-order valence-corrected chi connectivity index (χ3v) is 8.13. The Labute approximate surface area is 179 Å². The molecule has 11 heteroatoms. The molecular weight excluding hydrogens is 426 g/mol. The minimum Gasteiger partial charge on any atom is -0.312 e. The van der Waals surface area contributed by atoms with E-state index < -0.39 is 15.9 Å². The van der Waals surface area contributed by atoms with E-state index in [9.17, 15) is 18.0 Å². The minimum absolute atomic E-state index is 0.0939. The van der Waals surface area contributed by atoms with Crippen molar-refractivity contribution in [2.45, 2.75) is 31.1 Å². The number of carbonyl (C=O) groups is 2. The highest BCUT2D eigenvalue weighted by Crippen LogP contribution is 2.29. The third kappa shape index (κ3) is 4.23. The van der Waals surface area contributed by atoms with Crippen LogP contribution in [-0.4, -0.2) is 54.4 Å². The lowest BCUT2D eigenvalue weighted by Gasteiger charge is -2.29. The van der Waals surface area contributed by atoms with E-state index in [1.165, 1.54) is 38.2 Å². The fraction of sp³-hybridized carbons (Fsp3) is 0.474. The Bertz CT molecular complexity index is 1020. The summed E-state index contributed by atoms with van der Waals surface area (Å²) >= 11 is 1.21. The molecule has 2 aliphatic heterocycles. The largest absolute Gasteiger partial charge is 0.312 e. The molecule has 2 aromatic rings. The van der Waals surface area contributed by atoms with E-state index in [2.05, 4.69) is 22.4 Å². The summed E-state index contributed by atoms with van der Waals surface area (Å²) in [7, 11) is -3.54. The van der Waals surface area contributed by atoms with Gasteiger partial charge in [-0.15, -0.1) is 10.2 Å².